The molecule has 0 radical (unpaired) electrons. The third-order valence-corrected chi connectivity index (χ3v) is 3.36. The normalized spacial score (nSPS) is 11.1. The number of carbonyl (C=O) groups excluding carboxylic acids is 1. The zero-order valence-corrected chi connectivity index (χ0v) is 10.5. The highest BCUT2D eigenvalue weighted by Crippen LogP contribution is 2.21. The van der Waals surface area contributed by atoms with E-state index in [1.165, 1.54) is 11.3 Å². The SMILES string of the molecule is Cc1cnc(NC(=O)C(C)(C)C(N)=S)s1. The second-order valence-electron chi connectivity index (χ2n) is 3.72. The highest BCUT2D eigenvalue weighted by Gasteiger charge is 2.31. The van der Waals surface area contributed by atoms with Crippen molar-refractivity contribution in [1.29, 1.82) is 0 Å². The second-order valence-corrected chi connectivity index (χ2v) is 5.39. The Balaban J connectivity index is 2.76. The molecule has 1 amide bonds. The van der Waals surface area contributed by atoms with E-state index in [1.54, 1.807) is 20.0 Å². The summed E-state index contributed by atoms with van der Waals surface area (Å²) in [6.07, 6.45) is 1.70. The van der Waals surface area contributed by atoms with Crippen LogP contribution in [0.3, 0.4) is 0 Å². The van der Waals surface area contributed by atoms with Gasteiger partial charge in [-0.3, -0.25) is 4.79 Å². The van der Waals surface area contributed by atoms with Gasteiger partial charge < -0.3 is 11.1 Å². The largest absolute Gasteiger partial charge is 0.392 e. The quantitative estimate of drug-likeness (QED) is 0.793. The summed E-state index contributed by atoms with van der Waals surface area (Å²) in [5.74, 6) is -0.232. The van der Waals surface area contributed by atoms with E-state index in [2.05, 4.69) is 10.3 Å². The molecule has 82 valence electrons. The van der Waals surface area contributed by atoms with Gasteiger partial charge in [0.15, 0.2) is 5.13 Å². The van der Waals surface area contributed by atoms with E-state index in [0.29, 0.717) is 5.13 Å². The number of amides is 1. The number of carbonyl (C=O) groups is 1. The Morgan fingerprint density at radius 1 is 1.67 bits per heavy atom. The van der Waals surface area contributed by atoms with Crippen LogP contribution in [0, 0.1) is 12.3 Å². The van der Waals surface area contributed by atoms with Crippen molar-refractivity contribution in [2.24, 2.45) is 11.1 Å². The van der Waals surface area contributed by atoms with Crippen LogP contribution in [0.25, 0.3) is 0 Å². The molecule has 0 saturated carbocycles. The fourth-order valence-corrected chi connectivity index (χ4v) is 1.53. The van der Waals surface area contributed by atoms with E-state index in [1.807, 2.05) is 6.92 Å². The molecule has 1 heterocycles. The summed E-state index contributed by atoms with van der Waals surface area (Å²) < 4.78 is 0. The topological polar surface area (TPSA) is 68.0 Å². The smallest absolute Gasteiger partial charge is 0.238 e. The number of thiazole rings is 1. The van der Waals surface area contributed by atoms with Crippen LogP contribution >= 0.6 is 23.6 Å². The fourth-order valence-electron chi connectivity index (χ4n) is 0.778. The number of aromatic nitrogens is 1. The molecule has 0 aliphatic carbocycles. The Morgan fingerprint density at radius 3 is 2.67 bits per heavy atom. The van der Waals surface area contributed by atoms with Gasteiger partial charge >= 0.3 is 0 Å². The summed E-state index contributed by atoms with van der Waals surface area (Å²) >= 11 is 6.25. The van der Waals surface area contributed by atoms with Crippen LogP contribution in [0.1, 0.15) is 18.7 Å². The van der Waals surface area contributed by atoms with Gasteiger partial charge in [-0.2, -0.15) is 0 Å². The van der Waals surface area contributed by atoms with Gasteiger partial charge in [0.1, 0.15) is 0 Å². The number of hydrogen-bond acceptors (Lipinski definition) is 4. The number of nitrogens with one attached hydrogen (secondary N) is 1. The molecule has 0 saturated heterocycles. The zero-order chi connectivity index (χ0) is 11.6. The minimum Gasteiger partial charge on any atom is -0.392 e. The molecular weight excluding hydrogens is 230 g/mol. The van der Waals surface area contributed by atoms with Crippen molar-refractivity contribution in [1.82, 2.24) is 4.98 Å². The first-order chi connectivity index (χ1) is 6.84. The van der Waals surface area contributed by atoms with E-state index >= 15 is 0 Å². The van der Waals surface area contributed by atoms with Crippen molar-refractivity contribution in [2.45, 2.75) is 20.8 Å². The summed E-state index contributed by atoms with van der Waals surface area (Å²) in [6.45, 7) is 5.29. The molecule has 0 aliphatic rings. The van der Waals surface area contributed by atoms with Crippen LogP contribution in [0.5, 0.6) is 0 Å². The van der Waals surface area contributed by atoms with Crippen molar-refractivity contribution in [3.63, 3.8) is 0 Å². The van der Waals surface area contributed by atoms with Crippen LogP contribution in [0.4, 0.5) is 5.13 Å². The molecule has 1 aromatic rings. The van der Waals surface area contributed by atoms with Gasteiger partial charge in [0.25, 0.3) is 0 Å². The van der Waals surface area contributed by atoms with Crippen molar-refractivity contribution in [3.05, 3.63) is 11.1 Å². The lowest BCUT2D eigenvalue weighted by molar-refractivity contribution is -0.121. The minimum absolute atomic E-state index is 0.174. The first kappa shape index (κ1) is 12.1. The monoisotopic (exact) mass is 243 g/mol. The minimum atomic E-state index is -0.852. The van der Waals surface area contributed by atoms with Crippen LogP contribution in [0.2, 0.25) is 0 Å². The Hall–Kier alpha value is -1.01. The molecule has 4 nitrogen and oxygen atoms in total. The maximum Gasteiger partial charge on any atom is 0.238 e. The maximum atomic E-state index is 11.8. The number of anilines is 1. The summed E-state index contributed by atoms with van der Waals surface area (Å²) in [5.41, 5.74) is 4.63. The Kier molecular flexibility index (Phi) is 3.41. The first-order valence-corrected chi connectivity index (χ1v) is 5.60. The highest BCUT2D eigenvalue weighted by molar-refractivity contribution is 7.80. The van der Waals surface area contributed by atoms with Crippen LogP contribution in [-0.4, -0.2) is 15.9 Å². The van der Waals surface area contributed by atoms with Crippen molar-refractivity contribution < 1.29 is 4.79 Å². The van der Waals surface area contributed by atoms with Gasteiger partial charge in [0.2, 0.25) is 5.91 Å². The van der Waals surface area contributed by atoms with Crippen molar-refractivity contribution >= 4 is 39.6 Å². The summed E-state index contributed by atoms with van der Waals surface area (Å²) in [4.78, 5) is 17.0. The van der Waals surface area contributed by atoms with Gasteiger partial charge in [0.05, 0.1) is 10.4 Å². The number of aryl methyl sites for hydroxylation is 1. The molecule has 0 spiro atoms. The molecule has 6 heteroatoms. The van der Waals surface area contributed by atoms with E-state index < -0.39 is 5.41 Å². The van der Waals surface area contributed by atoms with Crippen molar-refractivity contribution in [3.8, 4) is 0 Å². The van der Waals surface area contributed by atoms with Gasteiger partial charge in [0, 0.05) is 11.1 Å². The lowest BCUT2D eigenvalue weighted by atomic mass is 9.92. The standard InChI is InChI=1S/C9H13N3OS2/c1-5-4-11-8(15-5)12-7(13)9(2,3)6(10)14/h4H,1-3H3,(H2,10,14)(H,11,12,13). The van der Waals surface area contributed by atoms with E-state index in [-0.39, 0.29) is 10.9 Å². The van der Waals surface area contributed by atoms with E-state index in [0.717, 1.165) is 4.88 Å². The molecule has 0 aromatic carbocycles. The summed E-state index contributed by atoms with van der Waals surface area (Å²) in [6, 6.07) is 0. The number of hydrogen-bond donors (Lipinski definition) is 2. The van der Waals surface area contributed by atoms with Gasteiger partial charge in [-0.25, -0.2) is 4.98 Å². The summed E-state index contributed by atoms with van der Waals surface area (Å²) in [7, 11) is 0. The zero-order valence-electron chi connectivity index (χ0n) is 8.83. The second kappa shape index (κ2) is 4.24. The third kappa shape index (κ3) is 2.73. The average molecular weight is 243 g/mol. The number of nitrogens with two attached hydrogens (primary N) is 1. The summed E-state index contributed by atoms with van der Waals surface area (Å²) in [5, 5.41) is 3.26. The number of rotatable bonds is 3. The molecule has 1 rings (SSSR count). The molecule has 0 aliphatic heterocycles. The molecule has 15 heavy (non-hydrogen) atoms. The van der Waals surface area contributed by atoms with Gasteiger partial charge in [-0.1, -0.05) is 12.2 Å². The van der Waals surface area contributed by atoms with E-state index in [9.17, 15) is 4.79 Å². The lowest BCUT2D eigenvalue weighted by Crippen LogP contribution is -2.41. The van der Waals surface area contributed by atoms with Crippen LogP contribution < -0.4 is 11.1 Å². The molecule has 1 aromatic heterocycles. The Labute approximate surface area is 97.9 Å². The molecule has 3 N–H and O–H groups in total. The number of nitrogens with zero attached hydrogens (tertiary/aromatic N) is 1. The molecule has 0 unspecified atom stereocenters. The number of thiocarbonyl (C=S) groups is 1. The van der Waals surface area contributed by atoms with Gasteiger partial charge in [-0.05, 0) is 20.8 Å². The van der Waals surface area contributed by atoms with Crippen LogP contribution in [-0.2, 0) is 4.79 Å². The lowest BCUT2D eigenvalue weighted by Gasteiger charge is -2.20. The molecule has 0 fully saturated rings. The average Bonchev–Trinajstić information content (AvgIpc) is 2.50. The van der Waals surface area contributed by atoms with Gasteiger partial charge in [-0.15, -0.1) is 11.3 Å². The third-order valence-electron chi connectivity index (χ3n) is 2.03. The fraction of sp³-hybridized carbons (Fsp3) is 0.444. The Bertz CT molecular complexity index is 398. The van der Waals surface area contributed by atoms with E-state index in [4.69, 9.17) is 18.0 Å². The van der Waals surface area contributed by atoms with Crippen LogP contribution in [0.15, 0.2) is 6.20 Å². The Morgan fingerprint density at radius 2 is 2.27 bits per heavy atom. The first-order valence-electron chi connectivity index (χ1n) is 4.38. The predicted molar refractivity (Wildman–Crippen MR) is 66.0 cm³/mol. The molecule has 0 bridgehead atoms. The molecule has 0 atom stereocenters. The predicted octanol–water partition coefficient (Wildman–Crippen LogP) is 1.70. The molecular formula is C9H13N3OS2. The maximum absolute atomic E-state index is 11.8. The van der Waals surface area contributed by atoms with Crippen molar-refractivity contribution in [2.75, 3.05) is 5.32 Å². The highest BCUT2D eigenvalue weighted by atomic mass is 32.1.